The molecule has 1 heterocycles. The molecule has 88 valence electrons. The summed E-state index contributed by atoms with van der Waals surface area (Å²) in [4.78, 5) is 14.2. The largest absolute Gasteiger partial charge is 0.293 e. The summed E-state index contributed by atoms with van der Waals surface area (Å²) in [5, 5.41) is 0. The summed E-state index contributed by atoms with van der Waals surface area (Å²) in [5.74, 6) is 0.219. The number of carbonyl (C=O) groups excluding carboxylic acids is 1. The Morgan fingerprint density at radius 1 is 1.12 bits per heavy atom. The number of carbonyl (C=O) groups is 1. The van der Waals surface area contributed by atoms with Crippen molar-refractivity contribution in [2.24, 2.45) is 0 Å². The van der Waals surface area contributed by atoms with E-state index in [-0.39, 0.29) is 5.78 Å². The van der Waals surface area contributed by atoms with Gasteiger partial charge in [0, 0.05) is 11.3 Å². The monoisotopic (exact) mass is 244 g/mol. The highest BCUT2D eigenvalue weighted by molar-refractivity contribution is 7.14. The number of thiophene rings is 1. The second-order valence-electron chi connectivity index (χ2n) is 4.44. The molecule has 0 unspecified atom stereocenters. The molecule has 0 atom stereocenters. The SMILES string of the molecule is Cc1ccc(C)c(CC(=O)c2ccc(C)s2)c1. The van der Waals surface area contributed by atoms with Crippen LogP contribution in [0.3, 0.4) is 0 Å². The molecule has 2 aromatic rings. The molecule has 1 nitrogen and oxygen atoms in total. The summed E-state index contributed by atoms with van der Waals surface area (Å²) in [6, 6.07) is 10.2. The molecule has 0 spiro atoms. The van der Waals surface area contributed by atoms with Crippen LogP contribution in [0.4, 0.5) is 0 Å². The molecule has 1 aromatic heterocycles. The third kappa shape index (κ3) is 2.83. The third-order valence-electron chi connectivity index (χ3n) is 2.87. The zero-order chi connectivity index (χ0) is 12.4. The molecule has 0 saturated heterocycles. The van der Waals surface area contributed by atoms with Crippen molar-refractivity contribution in [2.45, 2.75) is 27.2 Å². The van der Waals surface area contributed by atoms with E-state index in [9.17, 15) is 4.79 Å². The average Bonchev–Trinajstić information content (AvgIpc) is 2.70. The Morgan fingerprint density at radius 3 is 2.53 bits per heavy atom. The number of hydrogen-bond acceptors (Lipinski definition) is 2. The van der Waals surface area contributed by atoms with Gasteiger partial charge in [0.25, 0.3) is 0 Å². The standard InChI is InChI=1S/C15H16OS/c1-10-4-5-11(2)13(8-10)9-14(16)15-7-6-12(3)17-15/h4-8H,9H2,1-3H3. The van der Waals surface area contributed by atoms with Crippen LogP contribution in [0.15, 0.2) is 30.3 Å². The van der Waals surface area contributed by atoms with Gasteiger partial charge in [0.05, 0.1) is 4.88 Å². The normalized spacial score (nSPS) is 10.5. The second kappa shape index (κ2) is 4.84. The van der Waals surface area contributed by atoms with Crippen molar-refractivity contribution in [2.75, 3.05) is 0 Å². The number of rotatable bonds is 3. The van der Waals surface area contributed by atoms with E-state index >= 15 is 0 Å². The van der Waals surface area contributed by atoms with Crippen LogP contribution in [-0.2, 0) is 6.42 Å². The lowest BCUT2D eigenvalue weighted by atomic mass is 10.0. The van der Waals surface area contributed by atoms with E-state index in [1.54, 1.807) is 11.3 Å². The highest BCUT2D eigenvalue weighted by Crippen LogP contribution is 2.19. The van der Waals surface area contributed by atoms with E-state index in [1.165, 1.54) is 16.0 Å². The first kappa shape index (κ1) is 12.1. The third-order valence-corrected chi connectivity index (χ3v) is 3.91. The van der Waals surface area contributed by atoms with Crippen LogP contribution >= 0.6 is 11.3 Å². The first-order valence-corrected chi connectivity index (χ1v) is 6.53. The molecule has 0 aliphatic heterocycles. The van der Waals surface area contributed by atoms with Gasteiger partial charge in [-0.2, -0.15) is 0 Å². The minimum Gasteiger partial charge on any atom is -0.293 e. The van der Waals surface area contributed by atoms with Crippen molar-refractivity contribution in [3.05, 3.63) is 56.8 Å². The smallest absolute Gasteiger partial charge is 0.177 e. The van der Waals surface area contributed by atoms with Gasteiger partial charge in [-0.1, -0.05) is 23.8 Å². The van der Waals surface area contributed by atoms with Gasteiger partial charge < -0.3 is 0 Å². The minimum atomic E-state index is 0.219. The highest BCUT2D eigenvalue weighted by atomic mass is 32.1. The molecule has 2 heteroatoms. The molecule has 0 saturated carbocycles. The molecule has 17 heavy (non-hydrogen) atoms. The van der Waals surface area contributed by atoms with E-state index < -0.39 is 0 Å². The van der Waals surface area contributed by atoms with Crippen molar-refractivity contribution >= 4 is 17.1 Å². The predicted molar refractivity (Wildman–Crippen MR) is 73.0 cm³/mol. The van der Waals surface area contributed by atoms with Gasteiger partial charge in [0.1, 0.15) is 0 Å². The molecule has 0 N–H and O–H groups in total. The molecule has 0 aliphatic rings. The fraction of sp³-hybridized carbons (Fsp3) is 0.267. The van der Waals surface area contributed by atoms with Gasteiger partial charge in [0.2, 0.25) is 0 Å². The maximum Gasteiger partial charge on any atom is 0.177 e. The Kier molecular flexibility index (Phi) is 3.43. The lowest BCUT2D eigenvalue weighted by Crippen LogP contribution is -2.03. The van der Waals surface area contributed by atoms with Crippen molar-refractivity contribution in [3.63, 3.8) is 0 Å². The van der Waals surface area contributed by atoms with Gasteiger partial charge in [0.15, 0.2) is 5.78 Å². The number of hydrogen-bond donors (Lipinski definition) is 0. The first-order chi connectivity index (χ1) is 8.06. The lowest BCUT2D eigenvalue weighted by molar-refractivity contribution is 0.0996. The first-order valence-electron chi connectivity index (χ1n) is 5.72. The topological polar surface area (TPSA) is 17.1 Å². The van der Waals surface area contributed by atoms with Gasteiger partial charge in [-0.25, -0.2) is 0 Å². The predicted octanol–water partition coefficient (Wildman–Crippen LogP) is 4.10. The van der Waals surface area contributed by atoms with Crippen molar-refractivity contribution < 1.29 is 4.79 Å². The summed E-state index contributed by atoms with van der Waals surface area (Å²) >= 11 is 1.58. The zero-order valence-corrected chi connectivity index (χ0v) is 11.2. The lowest BCUT2D eigenvalue weighted by Gasteiger charge is -2.05. The molecular weight excluding hydrogens is 228 g/mol. The Labute approximate surface area is 106 Å². The average molecular weight is 244 g/mol. The Morgan fingerprint density at radius 2 is 1.88 bits per heavy atom. The van der Waals surface area contributed by atoms with E-state index in [0.717, 1.165) is 10.4 Å². The van der Waals surface area contributed by atoms with E-state index in [0.29, 0.717) is 6.42 Å². The van der Waals surface area contributed by atoms with E-state index in [4.69, 9.17) is 0 Å². The molecule has 0 amide bonds. The minimum absolute atomic E-state index is 0.219. The Hall–Kier alpha value is -1.41. The Balaban J connectivity index is 2.21. The van der Waals surface area contributed by atoms with Crippen LogP contribution in [0.1, 0.15) is 31.2 Å². The van der Waals surface area contributed by atoms with Gasteiger partial charge in [-0.15, -0.1) is 11.3 Å². The van der Waals surface area contributed by atoms with Crippen molar-refractivity contribution in [1.82, 2.24) is 0 Å². The fourth-order valence-electron chi connectivity index (χ4n) is 1.84. The maximum atomic E-state index is 12.1. The summed E-state index contributed by atoms with van der Waals surface area (Å²) in [6.45, 7) is 6.14. The summed E-state index contributed by atoms with van der Waals surface area (Å²) < 4.78 is 0. The van der Waals surface area contributed by atoms with Gasteiger partial charge >= 0.3 is 0 Å². The maximum absolute atomic E-state index is 12.1. The fourth-order valence-corrected chi connectivity index (χ4v) is 2.64. The van der Waals surface area contributed by atoms with Crippen LogP contribution in [0.5, 0.6) is 0 Å². The van der Waals surface area contributed by atoms with Crippen LogP contribution < -0.4 is 0 Å². The van der Waals surface area contributed by atoms with Crippen molar-refractivity contribution in [3.8, 4) is 0 Å². The van der Waals surface area contributed by atoms with Crippen LogP contribution in [-0.4, -0.2) is 5.78 Å². The van der Waals surface area contributed by atoms with Gasteiger partial charge in [-0.05, 0) is 44.0 Å². The van der Waals surface area contributed by atoms with Crippen LogP contribution in [0.2, 0.25) is 0 Å². The molecule has 1 aromatic carbocycles. The molecular formula is C15H16OS. The van der Waals surface area contributed by atoms with E-state index in [2.05, 4.69) is 32.0 Å². The molecule has 0 radical (unpaired) electrons. The quantitative estimate of drug-likeness (QED) is 0.743. The summed E-state index contributed by atoms with van der Waals surface area (Å²) in [7, 11) is 0. The van der Waals surface area contributed by atoms with Crippen molar-refractivity contribution in [1.29, 1.82) is 0 Å². The number of ketones is 1. The molecule has 0 bridgehead atoms. The second-order valence-corrected chi connectivity index (χ2v) is 5.73. The van der Waals surface area contributed by atoms with Crippen LogP contribution in [0, 0.1) is 20.8 Å². The molecule has 0 aliphatic carbocycles. The summed E-state index contributed by atoms with van der Waals surface area (Å²) in [6.07, 6.45) is 0.507. The molecule has 2 rings (SSSR count). The molecule has 0 fully saturated rings. The number of Topliss-reactive ketones (excluding diaryl/α,β-unsaturated/α-hetero) is 1. The zero-order valence-electron chi connectivity index (χ0n) is 10.4. The van der Waals surface area contributed by atoms with E-state index in [1.807, 2.05) is 19.1 Å². The summed E-state index contributed by atoms with van der Waals surface area (Å²) in [5.41, 5.74) is 3.54. The van der Waals surface area contributed by atoms with Crippen LogP contribution in [0.25, 0.3) is 0 Å². The van der Waals surface area contributed by atoms with Gasteiger partial charge in [-0.3, -0.25) is 4.79 Å². The highest BCUT2D eigenvalue weighted by Gasteiger charge is 2.10. The number of benzene rings is 1. The Bertz CT molecular complexity index is 552. The number of aryl methyl sites for hydroxylation is 3.